The topological polar surface area (TPSA) is 105 Å². The number of nitrogens with one attached hydrogen (secondary N) is 1. The van der Waals surface area contributed by atoms with Crippen LogP contribution in [-0.4, -0.2) is 47.1 Å². The normalized spacial score (nSPS) is 12.3. The van der Waals surface area contributed by atoms with Gasteiger partial charge in [-0.1, -0.05) is 12.1 Å². The number of alkyl carbamates (subject to hydrolysis) is 1. The molecule has 0 heterocycles. The highest BCUT2D eigenvalue weighted by Gasteiger charge is 2.17. The first kappa shape index (κ1) is 18.8. The zero-order valence-electron chi connectivity index (χ0n) is 13.5. The molecule has 7 heteroatoms. The molecule has 128 valence electrons. The van der Waals surface area contributed by atoms with Gasteiger partial charge in [0.2, 0.25) is 0 Å². The Morgan fingerprint density at radius 3 is 2.35 bits per heavy atom. The van der Waals surface area contributed by atoms with Crippen molar-refractivity contribution in [2.45, 2.75) is 38.9 Å². The number of amides is 1. The van der Waals surface area contributed by atoms with Gasteiger partial charge in [0.15, 0.2) is 0 Å². The molecule has 1 aromatic carbocycles. The van der Waals surface area contributed by atoms with Gasteiger partial charge in [0.05, 0.1) is 13.0 Å². The van der Waals surface area contributed by atoms with Gasteiger partial charge >= 0.3 is 12.1 Å². The van der Waals surface area contributed by atoms with Gasteiger partial charge in [0.1, 0.15) is 24.1 Å². The Labute approximate surface area is 135 Å². The van der Waals surface area contributed by atoms with Gasteiger partial charge in [0.25, 0.3) is 0 Å². The summed E-state index contributed by atoms with van der Waals surface area (Å²) in [6, 6.07) is 6.56. The molecule has 0 fully saturated rings. The van der Waals surface area contributed by atoms with Crippen molar-refractivity contribution in [3.05, 3.63) is 29.8 Å². The number of carbonyl (C=O) groups excluding carboxylic acids is 1. The van der Waals surface area contributed by atoms with Gasteiger partial charge in [-0.3, -0.25) is 4.79 Å². The highest BCUT2D eigenvalue weighted by atomic mass is 16.6. The fourth-order valence-electron chi connectivity index (χ4n) is 1.64. The van der Waals surface area contributed by atoms with E-state index in [2.05, 4.69) is 5.32 Å². The minimum atomic E-state index is -0.901. The lowest BCUT2D eigenvalue weighted by Crippen LogP contribution is -2.38. The Hall–Kier alpha value is -2.28. The molecule has 7 nitrogen and oxygen atoms in total. The number of carboxylic acid groups (broad SMARTS) is 1. The maximum Gasteiger partial charge on any atom is 0.407 e. The number of hydrogen-bond acceptors (Lipinski definition) is 5. The second kappa shape index (κ2) is 8.38. The molecule has 3 N–H and O–H groups in total. The van der Waals surface area contributed by atoms with Crippen molar-refractivity contribution in [3.63, 3.8) is 0 Å². The summed E-state index contributed by atoms with van der Waals surface area (Å²) >= 11 is 0. The molecule has 1 atom stereocenters. The Balaban J connectivity index is 2.31. The second-order valence-electron chi connectivity index (χ2n) is 6.06. The van der Waals surface area contributed by atoms with Crippen molar-refractivity contribution in [1.82, 2.24) is 5.32 Å². The van der Waals surface area contributed by atoms with E-state index in [0.29, 0.717) is 11.3 Å². The number of hydrogen-bond donors (Lipinski definition) is 3. The van der Waals surface area contributed by atoms with Crippen molar-refractivity contribution in [3.8, 4) is 5.75 Å². The highest BCUT2D eigenvalue weighted by Crippen LogP contribution is 2.13. The van der Waals surface area contributed by atoms with E-state index in [0.717, 1.165) is 0 Å². The van der Waals surface area contributed by atoms with E-state index < -0.39 is 23.8 Å². The zero-order valence-corrected chi connectivity index (χ0v) is 13.5. The second-order valence-corrected chi connectivity index (χ2v) is 6.06. The standard InChI is InChI=1S/C16H23NO6/c1-16(2,3)23-15(21)17-9-12(18)10-22-13-6-4-11(5-7-13)8-14(19)20/h4-7,12,18H,8-10H2,1-3H3,(H,17,21)(H,19,20). The molecule has 23 heavy (non-hydrogen) atoms. The molecule has 0 bridgehead atoms. The summed E-state index contributed by atoms with van der Waals surface area (Å²) in [6.07, 6.45) is -1.54. The molecule has 0 aliphatic heterocycles. The van der Waals surface area contributed by atoms with Crippen molar-refractivity contribution < 1.29 is 29.3 Å². The molecule has 1 amide bonds. The molecular formula is C16H23NO6. The summed E-state index contributed by atoms with van der Waals surface area (Å²) in [5.74, 6) is -0.391. The Morgan fingerprint density at radius 1 is 1.22 bits per heavy atom. The number of carboxylic acids is 1. The first-order valence-electron chi connectivity index (χ1n) is 7.24. The molecule has 0 saturated heterocycles. The molecule has 1 rings (SSSR count). The molecule has 1 aromatic rings. The first-order chi connectivity index (χ1) is 10.7. The fourth-order valence-corrected chi connectivity index (χ4v) is 1.64. The third-order valence-corrected chi connectivity index (χ3v) is 2.60. The van der Waals surface area contributed by atoms with Crippen LogP contribution in [0.4, 0.5) is 4.79 Å². The van der Waals surface area contributed by atoms with Crippen LogP contribution < -0.4 is 10.1 Å². The molecule has 0 saturated carbocycles. The maximum atomic E-state index is 11.4. The summed E-state index contributed by atoms with van der Waals surface area (Å²) in [5, 5.41) is 20.9. The summed E-state index contributed by atoms with van der Waals surface area (Å²) in [5.41, 5.74) is 0.0699. The van der Waals surface area contributed by atoms with Crippen LogP contribution in [0.5, 0.6) is 5.75 Å². The lowest BCUT2D eigenvalue weighted by atomic mass is 10.1. The molecule has 0 spiro atoms. The van der Waals surface area contributed by atoms with Gasteiger partial charge in [-0.25, -0.2) is 4.79 Å². The van der Waals surface area contributed by atoms with E-state index in [4.69, 9.17) is 14.6 Å². The third-order valence-electron chi connectivity index (χ3n) is 2.60. The zero-order chi connectivity index (χ0) is 17.5. The van der Waals surface area contributed by atoms with E-state index in [1.807, 2.05) is 0 Å². The summed E-state index contributed by atoms with van der Waals surface area (Å²) in [6.45, 7) is 5.25. The Bertz CT molecular complexity index is 520. The minimum Gasteiger partial charge on any atom is -0.491 e. The molecular weight excluding hydrogens is 302 g/mol. The summed E-state index contributed by atoms with van der Waals surface area (Å²) in [7, 11) is 0. The number of aliphatic hydroxyl groups is 1. The van der Waals surface area contributed by atoms with Gasteiger partial charge < -0.3 is 25.0 Å². The maximum absolute atomic E-state index is 11.4. The number of aliphatic hydroxyl groups excluding tert-OH is 1. The van der Waals surface area contributed by atoms with Crippen LogP contribution in [0.3, 0.4) is 0 Å². The van der Waals surface area contributed by atoms with Crippen molar-refractivity contribution in [2.75, 3.05) is 13.2 Å². The van der Waals surface area contributed by atoms with E-state index >= 15 is 0 Å². The number of benzene rings is 1. The molecule has 0 aliphatic carbocycles. The number of carbonyl (C=O) groups is 2. The smallest absolute Gasteiger partial charge is 0.407 e. The van der Waals surface area contributed by atoms with Gasteiger partial charge in [-0.15, -0.1) is 0 Å². The van der Waals surface area contributed by atoms with E-state index in [-0.39, 0.29) is 19.6 Å². The van der Waals surface area contributed by atoms with Crippen LogP contribution in [0, 0.1) is 0 Å². The predicted octanol–water partition coefficient (Wildman–Crippen LogP) is 1.58. The van der Waals surface area contributed by atoms with Crippen molar-refractivity contribution >= 4 is 12.1 Å². The van der Waals surface area contributed by atoms with Gasteiger partial charge in [-0.2, -0.15) is 0 Å². The molecule has 0 radical (unpaired) electrons. The molecule has 0 aromatic heterocycles. The quantitative estimate of drug-likeness (QED) is 0.703. The lowest BCUT2D eigenvalue weighted by molar-refractivity contribution is -0.136. The lowest BCUT2D eigenvalue weighted by Gasteiger charge is -2.20. The Kier molecular flexibility index (Phi) is 6.84. The van der Waals surface area contributed by atoms with Crippen molar-refractivity contribution in [1.29, 1.82) is 0 Å². The number of aliphatic carboxylic acids is 1. The van der Waals surface area contributed by atoms with E-state index in [1.165, 1.54) is 0 Å². The number of ether oxygens (including phenoxy) is 2. The molecule has 1 unspecified atom stereocenters. The average molecular weight is 325 g/mol. The minimum absolute atomic E-state index is 0.00588. The fraction of sp³-hybridized carbons (Fsp3) is 0.500. The van der Waals surface area contributed by atoms with Crippen LogP contribution in [0.2, 0.25) is 0 Å². The predicted molar refractivity (Wildman–Crippen MR) is 83.5 cm³/mol. The van der Waals surface area contributed by atoms with Crippen LogP contribution in [0.15, 0.2) is 24.3 Å². The Morgan fingerprint density at radius 2 is 1.83 bits per heavy atom. The SMILES string of the molecule is CC(C)(C)OC(=O)NCC(O)COc1ccc(CC(=O)O)cc1. The third kappa shape index (κ3) is 8.67. The first-order valence-corrected chi connectivity index (χ1v) is 7.24. The summed E-state index contributed by atoms with van der Waals surface area (Å²) < 4.78 is 10.4. The highest BCUT2D eigenvalue weighted by molar-refractivity contribution is 5.70. The monoisotopic (exact) mass is 325 g/mol. The van der Waals surface area contributed by atoms with E-state index in [1.54, 1.807) is 45.0 Å². The molecule has 0 aliphatic rings. The number of rotatable bonds is 7. The van der Waals surface area contributed by atoms with Gasteiger partial charge in [0, 0.05) is 0 Å². The van der Waals surface area contributed by atoms with Crippen LogP contribution in [0.25, 0.3) is 0 Å². The van der Waals surface area contributed by atoms with E-state index in [9.17, 15) is 14.7 Å². The van der Waals surface area contributed by atoms with Gasteiger partial charge in [-0.05, 0) is 38.5 Å². The van der Waals surface area contributed by atoms with Crippen molar-refractivity contribution in [2.24, 2.45) is 0 Å². The largest absolute Gasteiger partial charge is 0.491 e. The van der Waals surface area contributed by atoms with Crippen LogP contribution in [-0.2, 0) is 16.0 Å². The van der Waals surface area contributed by atoms with Crippen LogP contribution in [0.1, 0.15) is 26.3 Å². The average Bonchev–Trinajstić information content (AvgIpc) is 2.42. The summed E-state index contributed by atoms with van der Waals surface area (Å²) in [4.78, 5) is 22.0. The van der Waals surface area contributed by atoms with Crippen LogP contribution >= 0.6 is 0 Å².